The fourth-order valence-corrected chi connectivity index (χ4v) is 2.84. The van der Waals surface area contributed by atoms with Crippen LogP contribution in [0.4, 0.5) is 5.82 Å². The normalized spacial score (nSPS) is 18.4. The number of hydrogen-bond donors (Lipinski definition) is 0. The molecular formula is C16H23N5O. The highest BCUT2D eigenvalue weighted by Gasteiger charge is 2.17. The fourth-order valence-electron chi connectivity index (χ4n) is 2.84. The maximum atomic E-state index is 5.80. The van der Waals surface area contributed by atoms with E-state index in [1.165, 1.54) is 12.8 Å². The van der Waals surface area contributed by atoms with Crippen molar-refractivity contribution in [3.63, 3.8) is 0 Å². The number of nitrogens with zero attached hydrogens (tertiary/aromatic N) is 5. The molecule has 0 amide bonds. The number of likely N-dealkylation sites (N-methyl/N-ethyl adjacent to an activating group) is 1. The van der Waals surface area contributed by atoms with Crippen LogP contribution < -0.4 is 4.90 Å². The van der Waals surface area contributed by atoms with Crippen LogP contribution in [0.5, 0.6) is 0 Å². The topological polar surface area (TPSA) is 56.1 Å². The number of ether oxygens (including phenoxy) is 1. The summed E-state index contributed by atoms with van der Waals surface area (Å²) < 4.78 is 7.63. The van der Waals surface area contributed by atoms with Gasteiger partial charge in [0.2, 0.25) is 0 Å². The van der Waals surface area contributed by atoms with Crippen molar-refractivity contribution in [2.45, 2.75) is 39.2 Å². The molecule has 1 atom stereocenters. The Morgan fingerprint density at radius 2 is 2.18 bits per heavy atom. The van der Waals surface area contributed by atoms with Crippen LogP contribution in [0, 0.1) is 13.8 Å². The number of rotatable bonds is 4. The molecule has 1 saturated heterocycles. The average Bonchev–Trinajstić information content (AvgIpc) is 2.87. The van der Waals surface area contributed by atoms with Gasteiger partial charge in [-0.2, -0.15) is 5.10 Å². The Labute approximate surface area is 131 Å². The second-order valence-electron chi connectivity index (χ2n) is 5.94. The van der Waals surface area contributed by atoms with E-state index in [0.717, 1.165) is 42.6 Å². The van der Waals surface area contributed by atoms with Gasteiger partial charge >= 0.3 is 0 Å². The molecule has 0 bridgehead atoms. The molecule has 1 aliphatic rings. The van der Waals surface area contributed by atoms with E-state index in [2.05, 4.69) is 15.0 Å². The van der Waals surface area contributed by atoms with Gasteiger partial charge in [0, 0.05) is 25.9 Å². The first kappa shape index (κ1) is 15.0. The lowest BCUT2D eigenvalue weighted by atomic mass is 10.1. The molecule has 6 heteroatoms. The Kier molecular flexibility index (Phi) is 4.38. The van der Waals surface area contributed by atoms with Gasteiger partial charge in [-0.1, -0.05) is 0 Å². The Hall–Kier alpha value is -1.95. The highest BCUT2D eigenvalue weighted by molar-refractivity contribution is 5.39. The van der Waals surface area contributed by atoms with Crippen molar-refractivity contribution in [2.75, 3.05) is 25.1 Å². The molecule has 2 aromatic heterocycles. The van der Waals surface area contributed by atoms with Gasteiger partial charge in [0.05, 0.1) is 24.2 Å². The molecule has 118 valence electrons. The zero-order valence-electron chi connectivity index (χ0n) is 13.5. The van der Waals surface area contributed by atoms with E-state index < -0.39 is 0 Å². The molecule has 1 fully saturated rings. The highest BCUT2D eigenvalue weighted by atomic mass is 16.5. The van der Waals surface area contributed by atoms with Crippen LogP contribution in [-0.4, -0.2) is 46.1 Å². The molecule has 0 radical (unpaired) electrons. The van der Waals surface area contributed by atoms with E-state index in [1.807, 2.05) is 31.6 Å². The summed E-state index contributed by atoms with van der Waals surface area (Å²) in [5, 5.41) is 4.47. The van der Waals surface area contributed by atoms with Crippen LogP contribution in [0.25, 0.3) is 5.82 Å². The minimum Gasteiger partial charge on any atom is -0.376 e. The Morgan fingerprint density at radius 1 is 1.32 bits per heavy atom. The third kappa shape index (κ3) is 3.27. The molecule has 0 aliphatic carbocycles. The van der Waals surface area contributed by atoms with E-state index in [4.69, 9.17) is 9.72 Å². The Balaban J connectivity index is 1.76. The summed E-state index contributed by atoms with van der Waals surface area (Å²) in [6.45, 7) is 5.71. The molecule has 0 N–H and O–H groups in total. The lowest BCUT2D eigenvalue weighted by Crippen LogP contribution is -2.34. The summed E-state index contributed by atoms with van der Waals surface area (Å²) in [7, 11) is 2.03. The molecule has 1 aliphatic heterocycles. The van der Waals surface area contributed by atoms with Crippen LogP contribution in [-0.2, 0) is 4.74 Å². The number of hydrogen-bond acceptors (Lipinski definition) is 5. The third-order valence-corrected chi connectivity index (χ3v) is 3.98. The van der Waals surface area contributed by atoms with Gasteiger partial charge in [-0.3, -0.25) is 4.98 Å². The van der Waals surface area contributed by atoms with Crippen molar-refractivity contribution < 1.29 is 4.74 Å². The SMILES string of the molecule is Cc1cc(C)n(-c2cncc(N(C)CC3CCCCO3)n2)n1. The van der Waals surface area contributed by atoms with Gasteiger partial charge in [0.25, 0.3) is 0 Å². The van der Waals surface area contributed by atoms with Crippen molar-refractivity contribution in [3.05, 3.63) is 29.8 Å². The van der Waals surface area contributed by atoms with Crippen molar-refractivity contribution in [3.8, 4) is 5.82 Å². The summed E-state index contributed by atoms with van der Waals surface area (Å²) in [6.07, 6.45) is 7.36. The molecule has 0 saturated carbocycles. The predicted molar refractivity (Wildman–Crippen MR) is 85.5 cm³/mol. The smallest absolute Gasteiger partial charge is 0.174 e. The van der Waals surface area contributed by atoms with Crippen molar-refractivity contribution in [1.82, 2.24) is 19.7 Å². The average molecular weight is 301 g/mol. The van der Waals surface area contributed by atoms with Crippen molar-refractivity contribution in [2.24, 2.45) is 0 Å². The maximum Gasteiger partial charge on any atom is 0.174 e. The summed E-state index contributed by atoms with van der Waals surface area (Å²) in [4.78, 5) is 11.1. The summed E-state index contributed by atoms with van der Waals surface area (Å²) in [5.41, 5.74) is 2.04. The summed E-state index contributed by atoms with van der Waals surface area (Å²) in [5.74, 6) is 1.60. The quantitative estimate of drug-likeness (QED) is 0.867. The van der Waals surface area contributed by atoms with E-state index in [1.54, 1.807) is 12.4 Å². The molecule has 3 rings (SSSR count). The molecular weight excluding hydrogens is 278 g/mol. The minimum absolute atomic E-state index is 0.290. The lowest BCUT2D eigenvalue weighted by Gasteiger charge is -2.28. The predicted octanol–water partition coefficient (Wildman–Crippen LogP) is 2.28. The zero-order valence-corrected chi connectivity index (χ0v) is 13.5. The molecule has 1 unspecified atom stereocenters. The molecule has 0 aromatic carbocycles. The van der Waals surface area contributed by atoms with Crippen LogP contribution in [0.1, 0.15) is 30.7 Å². The summed E-state index contributed by atoms with van der Waals surface area (Å²) in [6, 6.07) is 2.04. The fraction of sp³-hybridized carbons (Fsp3) is 0.562. The van der Waals surface area contributed by atoms with Gasteiger partial charge in [-0.15, -0.1) is 0 Å². The van der Waals surface area contributed by atoms with Gasteiger partial charge < -0.3 is 9.64 Å². The van der Waals surface area contributed by atoms with Gasteiger partial charge in [0.1, 0.15) is 5.82 Å². The van der Waals surface area contributed by atoms with Gasteiger partial charge in [0.15, 0.2) is 5.82 Å². The van der Waals surface area contributed by atoms with E-state index >= 15 is 0 Å². The summed E-state index contributed by atoms with van der Waals surface area (Å²) >= 11 is 0. The molecule has 0 spiro atoms. The minimum atomic E-state index is 0.290. The second kappa shape index (κ2) is 6.44. The monoisotopic (exact) mass is 301 g/mol. The molecule has 3 heterocycles. The molecule has 2 aromatic rings. The largest absolute Gasteiger partial charge is 0.376 e. The van der Waals surface area contributed by atoms with Crippen LogP contribution in [0.15, 0.2) is 18.5 Å². The van der Waals surface area contributed by atoms with Crippen molar-refractivity contribution in [1.29, 1.82) is 0 Å². The maximum absolute atomic E-state index is 5.80. The third-order valence-electron chi connectivity index (χ3n) is 3.98. The zero-order chi connectivity index (χ0) is 15.5. The van der Waals surface area contributed by atoms with Gasteiger partial charge in [-0.25, -0.2) is 9.67 Å². The highest BCUT2D eigenvalue weighted by Crippen LogP contribution is 2.17. The number of anilines is 1. The van der Waals surface area contributed by atoms with Crippen molar-refractivity contribution >= 4 is 5.82 Å². The second-order valence-corrected chi connectivity index (χ2v) is 5.94. The standard InChI is InChI=1S/C16H23N5O/c1-12-8-13(2)21(19-12)16-10-17-9-15(18-16)20(3)11-14-6-4-5-7-22-14/h8-10,14H,4-7,11H2,1-3H3. The first-order chi connectivity index (χ1) is 10.6. The number of aromatic nitrogens is 4. The van der Waals surface area contributed by atoms with E-state index in [9.17, 15) is 0 Å². The van der Waals surface area contributed by atoms with Gasteiger partial charge in [-0.05, 0) is 39.2 Å². The lowest BCUT2D eigenvalue weighted by molar-refractivity contribution is 0.0215. The first-order valence-electron chi connectivity index (χ1n) is 7.82. The first-order valence-corrected chi connectivity index (χ1v) is 7.82. The van der Waals surface area contributed by atoms with Crippen LogP contribution in [0.2, 0.25) is 0 Å². The van der Waals surface area contributed by atoms with Crippen LogP contribution >= 0.6 is 0 Å². The Bertz CT molecular complexity index is 633. The van der Waals surface area contributed by atoms with Crippen LogP contribution in [0.3, 0.4) is 0 Å². The van der Waals surface area contributed by atoms with E-state index in [-0.39, 0.29) is 6.10 Å². The number of aryl methyl sites for hydroxylation is 2. The molecule has 22 heavy (non-hydrogen) atoms. The molecule has 6 nitrogen and oxygen atoms in total. The van der Waals surface area contributed by atoms with E-state index in [0.29, 0.717) is 0 Å². The Morgan fingerprint density at radius 3 is 2.86 bits per heavy atom.